The fourth-order valence-corrected chi connectivity index (χ4v) is 6.16. The van der Waals surface area contributed by atoms with Crippen molar-refractivity contribution in [3.63, 3.8) is 0 Å². The van der Waals surface area contributed by atoms with Crippen molar-refractivity contribution in [1.82, 2.24) is 13.9 Å². The number of benzene rings is 1. The van der Waals surface area contributed by atoms with Gasteiger partial charge in [0.1, 0.15) is 0 Å². The van der Waals surface area contributed by atoms with E-state index in [1.54, 1.807) is 41.0 Å². The number of hydrogen-bond acceptors (Lipinski definition) is 4. The Kier molecular flexibility index (Phi) is 4.37. The van der Waals surface area contributed by atoms with Crippen molar-refractivity contribution in [3.8, 4) is 11.1 Å². The van der Waals surface area contributed by atoms with Crippen molar-refractivity contribution in [2.24, 2.45) is 5.92 Å². The fraction of sp³-hybridized carbons (Fsp3) is 0.273. The molecule has 0 amide bonds. The van der Waals surface area contributed by atoms with E-state index in [2.05, 4.69) is 4.98 Å². The molecule has 6 nitrogen and oxygen atoms in total. The van der Waals surface area contributed by atoms with E-state index in [0.29, 0.717) is 30.1 Å². The lowest BCUT2D eigenvalue weighted by Gasteiger charge is -2.42. The number of sulfonamides is 1. The zero-order valence-corrected chi connectivity index (χ0v) is 16.6. The molecule has 2 atom stereocenters. The van der Waals surface area contributed by atoms with Gasteiger partial charge in [0.05, 0.1) is 4.90 Å². The Bertz CT molecular complexity index is 1210. The molecule has 0 aliphatic carbocycles. The van der Waals surface area contributed by atoms with E-state index in [1.807, 2.05) is 34.9 Å². The van der Waals surface area contributed by atoms with Gasteiger partial charge in [-0.3, -0.25) is 9.78 Å². The van der Waals surface area contributed by atoms with Crippen LogP contribution in [0.15, 0.2) is 76.7 Å². The van der Waals surface area contributed by atoms with E-state index in [4.69, 9.17) is 0 Å². The van der Waals surface area contributed by atoms with Crippen LogP contribution in [0.1, 0.15) is 18.0 Å². The molecule has 0 radical (unpaired) electrons. The van der Waals surface area contributed by atoms with Crippen LogP contribution in [-0.4, -0.2) is 35.4 Å². The number of nitrogens with zero attached hydrogens (tertiary/aromatic N) is 3. The SMILES string of the molecule is O=c1c(-c2cccnc2)ccc2n1C[C@H]1C[C@@H]2CN(S(=O)(=O)c2ccccc2)C1. The molecular formula is C22H21N3O3S. The summed E-state index contributed by atoms with van der Waals surface area (Å²) < 4.78 is 29.6. The first-order valence-electron chi connectivity index (χ1n) is 9.73. The molecule has 2 aromatic heterocycles. The zero-order chi connectivity index (χ0) is 20.0. The summed E-state index contributed by atoms with van der Waals surface area (Å²) in [6.07, 6.45) is 4.29. The highest BCUT2D eigenvalue weighted by atomic mass is 32.2. The highest BCUT2D eigenvalue weighted by Gasteiger charge is 2.39. The lowest BCUT2D eigenvalue weighted by atomic mass is 9.84. The van der Waals surface area contributed by atoms with Crippen molar-refractivity contribution >= 4 is 10.0 Å². The third kappa shape index (κ3) is 3.10. The van der Waals surface area contributed by atoms with Crippen molar-refractivity contribution in [3.05, 3.63) is 83.0 Å². The van der Waals surface area contributed by atoms with Crippen LogP contribution >= 0.6 is 0 Å². The molecule has 0 saturated carbocycles. The summed E-state index contributed by atoms with van der Waals surface area (Å²) in [5.41, 5.74) is 2.34. The van der Waals surface area contributed by atoms with Gasteiger partial charge in [0.15, 0.2) is 0 Å². The monoisotopic (exact) mass is 407 g/mol. The predicted molar refractivity (Wildman–Crippen MR) is 110 cm³/mol. The molecule has 0 N–H and O–H groups in total. The normalized spacial score (nSPS) is 21.5. The molecule has 3 aromatic rings. The minimum absolute atomic E-state index is 0.0235. The molecule has 29 heavy (non-hydrogen) atoms. The third-order valence-electron chi connectivity index (χ3n) is 5.92. The molecule has 2 bridgehead atoms. The first-order valence-corrected chi connectivity index (χ1v) is 11.2. The maximum atomic E-state index is 13.1. The fourth-order valence-electron chi connectivity index (χ4n) is 4.58. The summed E-state index contributed by atoms with van der Waals surface area (Å²) in [6, 6.07) is 16.1. The van der Waals surface area contributed by atoms with Crippen LogP contribution in [0.5, 0.6) is 0 Å². The maximum Gasteiger partial charge on any atom is 0.258 e. The van der Waals surface area contributed by atoms with Gasteiger partial charge in [-0.05, 0) is 42.7 Å². The molecule has 0 spiro atoms. The van der Waals surface area contributed by atoms with Crippen molar-refractivity contribution in [1.29, 1.82) is 0 Å². The quantitative estimate of drug-likeness (QED) is 0.669. The van der Waals surface area contributed by atoms with E-state index < -0.39 is 10.0 Å². The molecule has 148 valence electrons. The molecule has 2 aliphatic heterocycles. The number of fused-ring (bicyclic) bond motifs is 4. The average molecular weight is 407 g/mol. The number of aromatic nitrogens is 2. The van der Waals surface area contributed by atoms with Crippen LogP contribution < -0.4 is 5.56 Å². The lowest BCUT2D eigenvalue weighted by molar-refractivity contribution is 0.186. The van der Waals surface area contributed by atoms with Crippen LogP contribution in [0.25, 0.3) is 11.1 Å². The molecule has 1 saturated heterocycles. The molecule has 2 aliphatic rings. The average Bonchev–Trinajstić information content (AvgIpc) is 2.75. The second kappa shape index (κ2) is 6.93. The van der Waals surface area contributed by atoms with Gasteiger partial charge in [-0.1, -0.05) is 24.3 Å². The molecule has 7 heteroatoms. The predicted octanol–water partition coefficient (Wildman–Crippen LogP) is 2.72. The number of rotatable bonds is 3. The summed E-state index contributed by atoms with van der Waals surface area (Å²) in [5.74, 6) is 0.151. The van der Waals surface area contributed by atoms with Gasteiger partial charge in [0.2, 0.25) is 10.0 Å². The molecule has 4 heterocycles. The third-order valence-corrected chi connectivity index (χ3v) is 7.77. The first kappa shape index (κ1) is 18.3. The number of piperidine rings is 1. The summed E-state index contributed by atoms with van der Waals surface area (Å²) in [6.45, 7) is 1.38. The van der Waals surface area contributed by atoms with Crippen LogP contribution in [0.2, 0.25) is 0 Å². The van der Waals surface area contributed by atoms with Crippen molar-refractivity contribution < 1.29 is 8.42 Å². The van der Waals surface area contributed by atoms with E-state index >= 15 is 0 Å². The Labute approximate surface area is 169 Å². The van der Waals surface area contributed by atoms with Crippen LogP contribution in [0, 0.1) is 5.92 Å². The van der Waals surface area contributed by atoms with Gasteiger partial charge in [-0.25, -0.2) is 8.42 Å². The van der Waals surface area contributed by atoms with Gasteiger partial charge in [0, 0.05) is 54.8 Å². The van der Waals surface area contributed by atoms with Gasteiger partial charge >= 0.3 is 0 Å². The summed E-state index contributed by atoms with van der Waals surface area (Å²) in [4.78, 5) is 17.6. The minimum Gasteiger partial charge on any atom is -0.311 e. The van der Waals surface area contributed by atoms with E-state index in [1.165, 1.54) is 0 Å². The number of pyridine rings is 2. The van der Waals surface area contributed by atoms with Crippen molar-refractivity contribution in [2.75, 3.05) is 13.1 Å². The maximum absolute atomic E-state index is 13.1. The summed E-state index contributed by atoms with van der Waals surface area (Å²) >= 11 is 0. The lowest BCUT2D eigenvalue weighted by Crippen LogP contribution is -2.49. The molecule has 0 unspecified atom stereocenters. The summed E-state index contributed by atoms with van der Waals surface area (Å²) in [5, 5.41) is 0. The van der Waals surface area contributed by atoms with E-state index in [0.717, 1.165) is 17.7 Å². The van der Waals surface area contributed by atoms with E-state index in [9.17, 15) is 13.2 Å². The molecule has 1 fully saturated rings. The minimum atomic E-state index is -3.53. The smallest absolute Gasteiger partial charge is 0.258 e. The Morgan fingerprint density at radius 1 is 0.931 bits per heavy atom. The van der Waals surface area contributed by atoms with Crippen LogP contribution in [0.3, 0.4) is 0 Å². The standard InChI is InChI=1S/C22H21N3O3S/c26-22-20(17-5-4-10-23-12-17)8-9-21-18-11-16(14-25(21)22)13-24(15-18)29(27,28)19-6-2-1-3-7-19/h1-10,12,16,18H,11,13-15H2/t16-,18+/m0/s1. The Morgan fingerprint density at radius 3 is 2.52 bits per heavy atom. The zero-order valence-electron chi connectivity index (χ0n) is 15.8. The Morgan fingerprint density at radius 2 is 1.76 bits per heavy atom. The van der Waals surface area contributed by atoms with E-state index in [-0.39, 0.29) is 17.4 Å². The molecular weight excluding hydrogens is 386 g/mol. The highest BCUT2D eigenvalue weighted by Crippen LogP contribution is 2.37. The Balaban J connectivity index is 1.51. The highest BCUT2D eigenvalue weighted by molar-refractivity contribution is 7.89. The number of hydrogen-bond donors (Lipinski definition) is 0. The largest absolute Gasteiger partial charge is 0.311 e. The van der Waals surface area contributed by atoms with Gasteiger partial charge in [-0.2, -0.15) is 4.31 Å². The van der Waals surface area contributed by atoms with Crippen molar-refractivity contribution in [2.45, 2.75) is 23.8 Å². The van der Waals surface area contributed by atoms with Gasteiger partial charge in [-0.15, -0.1) is 0 Å². The molecule has 5 rings (SSSR count). The second-order valence-electron chi connectivity index (χ2n) is 7.76. The Hall–Kier alpha value is -2.77. The van der Waals surface area contributed by atoms with Crippen LogP contribution in [-0.2, 0) is 16.6 Å². The summed E-state index contributed by atoms with van der Waals surface area (Å²) in [7, 11) is -3.53. The van der Waals surface area contributed by atoms with Gasteiger partial charge < -0.3 is 4.57 Å². The van der Waals surface area contributed by atoms with Crippen LogP contribution in [0.4, 0.5) is 0 Å². The molecule has 1 aromatic carbocycles. The van der Waals surface area contributed by atoms with Gasteiger partial charge in [0.25, 0.3) is 5.56 Å². The first-order chi connectivity index (χ1) is 14.0. The topological polar surface area (TPSA) is 72.3 Å². The second-order valence-corrected chi connectivity index (χ2v) is 9.70.